The third kappa shape index (κ3) is 3.11. The number of carbonyl (C=O) groups excluding carboxylic acids is 1. The van der Waals surface area contributed by atoms with Gasteiger partial charge in [-0.3, -0.25) is 9.18 Å². The zero-order chi connectivity index (χ0) is 12.2. The standard InChI is InChI=1S/C10H12FNO3S/c11-7-6-9(16(12,14)15)10(13)8-4-2-1-3-5-8/h1-5,9H,6-7H2,(H2,12,14,15). The van der Waals surface area contributed by atoms with E-state index in [-0.39, 0.29) is 5.56 Å². The van der Waals surface area contributed by atoms with Crippen LogP contribution in [0.25, 0.3) is 0 Å². The van der Waals surface area contributed by atoms with E-state index in [4.69, 9.17) is 5.14 Å². The van der Waals surface area contributed by atoms with Crippen molar-refractivity contribution in [3.63, 3.8) is 0 Å². The van der Waals surface area contributed by atoms with Gasteiger partial charge in [0.2, 0.25) is 10.0 Å². The summed E-state index contributed by atoms with van der Waals surface area (Å²) in [5.41, 5.74) is 0.218. The van der Waals surface area contributed by atoms with Crippen molar-refractivity contribution in [3.8, 4) is 0 Å². The summed E-state index contributed by atoms with van der Waals surface area (Å²) in [6.45, 7) is -0.903. The molecule has 1 atom stereocenters. The quantitative estimate of drug-likeness (QED) is 0.782. The van der Waals surface area contributed by atoms with Crippen LogP contribution in [-0.2, 0) is 10.0 Å². The summed E-state index contributed by atoms with van der Waals surface area (Å²) in [6, 6.07) is 7.83. The summed E-state index contributed by atoms with van der Waals surface area (Å²) < 4.78 is 34.4. The fourth-order valence-corrected chi connectivity index (χ4v) is 2.18. The Labute approximate surface area is 93.3 Å². The van der Waals surface area contributed by atoms with E-state index in [1.54, 1.807) is 18.2 Å². The van der Waals surface area contributed by atoms with E-state index in [0.29, 0.717) is 0 Å². The second-order valence-electron chi connectivity index (χ2n) is 3.29. The largest absolute Gasteiger partial charge is 0.293 e. The number of halogens is 1. The third-order valence-corrected chi connectivity index (χ3v) is 3.36. The van der Waals surface area contributed by atoms with Crippen LogP contribution in [0.5, 0.6) is 0 Å². The molecule has 16 heavy (non-hydrogen) atoms. The molecule has 1 aromatic carbocycles. The predicted octanol–water partition coefficient (Wildman–Crippen LogP) is 0.886. The summed E-state index contributed by atoms with van der Waals surface area (Å²) in [6.07, 6.45) is -0.410. The van der Waals surface area contributed by atoms with E-state index in [9.17, 15) is 17.6 Å². The van der Waals surface area contributed by atoms with Crippen LogP contribution in [0.1, 0.15) is 16.8 Å². The molecule has 0 aliphatic heterocycles. The number of benzene rings is 1. The van der Waals surface area contributed by atoms with Gasteiger partial charge in [-0.15, -0.1) is 0 Å². The number of hydrogen-bond donors (Lipinski definition) is 1. The highest BCUT2D eigenvalue weighted by Crippen LogP contribution is 2.11. The minimum atomic E-state index is -4.06. The van der Waals surface area contributed by atoms with Gasteiger partial charge in [-0.25, -0.2) is 13.6 Å². The number of ketones is 1. The van der Waals surface area contributed by atoms with Crippen LogP contribution < -0.4 is 5.14 Å². The van der Waals surface area contributed by atoms with Crippen LogP contribution in [0.4, 0.5) is 4.39 Å². The molecular formula is C10H12FNO3S. The smallest absolute Gasteiger partial charge is 0.219 e. The number of nitrogens with two attached hydrogens (primary N) is 1. The molecule has 0 fully saturated rings. The first kappa shape index (κ1) is 12.8. The molecule has 0 saturated carbocycles. The average Bonchev–Trinajstić information content (AvgIpc) is 2.25. The summed E-state index contributed by atoms with van der Waals surface area (Å²) in [5, 5.41) is 3.39. The number of rotatable bonds is 5. The van der Waals surface area contributed by atoms with Crippen LogP contribution in [0, 0.1) is 0 Å². The Morgan fingerprint density at radius 2 is 1.88 bits per heavy atom. The molecule has 0 amide bonds. The van der Waals surface area contributed by atoms with Crippen LogP contribution in [0.3, 0.4) is 0 Å². The van der Waals surface area contributed by atoms with E-state index in [1.807, 2.05) is 0 Å². The van der Waals surface area contributed by atoms with Gasteiger partial charge in [0.25, 0.3) is 0 Å². The van der Waals surface area contributed by atoms with Crippen molar-refractivity contribution in [2.24, 2.45) is 5.14 Å². The second kappa shape index (κ2) is 5.18. The molecule has 6 heteroatoms. The normalized spacial score (nSPS) is 13.4. The number of carbonyl (C=O) groups is 1. The molecular weight excluding hydrogens is 233 g/mol. The van der Waals surface area contributed by atoms with E-state index in [2.05, 4.69) is 0 Å². The zero-order valence-electron chi connectivity index (χ0n) is 8.47. The maximum Gasteiger partial charge on any atom is 0.219 e. The number of sulfonamides is 1. The molecule has 1 aromatic rings. The molecule has 88 valence electrons. The first-order valence-corrected chi connectivity index (χ1v) is 6.24. The molecule has 0 saturated heterocycles. The van der Waals surface area contributed by atoms with E-state index < -0.39 is 34.2 Å². The van der Waals surface area contributed by atoms with E-state index in [0.717, 1.165) is 0 Å². The van der Waals surface area contributed by atoms with Crippen LogP contribution in [-0.4, -0.2) is 26.1 Å². The van der Waals surface area contributed by atoms with Gasteiger partial charge in [-0.05, 0) is 0 Å². The first-order valence-electron chi connectivity index (χ1n) is 4.63. The fraction of sp³-hybridized carbons (Fsp3) is 0.300. The Balaban J connectivity index is 3.02. The van der Waals surface area contributed by atoms with E-state index >= 15 is 0 Å². The van der Waals surface area contributed by atoms with Crippen LogP contribution in [0.2, 0.25) is 0 Å². The molecule has 0 aromatic heterocycles. The maximum absolute atomic E-state index is 12.2. The molecule has 0 radical (unpaired) electrons. The third-order valence-electron chi connectivity index (χ3n) is 2.12. The van der Waals surface area contributed by atoms with Gasteiger partial charge in [-0.2, -0.15) is 0 Å². The summed E-state index contributed by atoms with van der Waals surface area (Å²) in [7, 11) is -4.06. The minimum Gasteiger partial charge on any atom is -0.293 e. The minimum absolute atomic E-state index is 0.218. The number of hydrogen-bond acceptors (Lipinski definition) is 3. The SMILES string of the molecule is NS(=O)(=O)C(CCF)C(=O)c1ccccc1. The molecule has 2 N–H and O–H groups in total. The fourth-order valence-electron chi connectivity index (χ4n) is 1.33. The predicted molar refractivity (Wildman–Crippen MR) is 58.3 cm³/mol. The van der Waals surface area contributed by atoms with Gasteiger partial charge in [0.15, 0.2) is 5.78 Å². The molecule has 0 spiro atoms. The monoisotopic (exact) mass is 245 g/mol. The van der Waals surface area contributed by atoms with Gasteiger partial charge in [-0.1, -0.05) is 30.3 Å². The number of alkyl halides is 1. The second-order valence-corrected chi connectivity index (χ2v) is 5.03. The van der Waals surface area contributed by atoms with Crippen molar-refractivity contribution in [2.45, 2.75) is 11.7 Å². The first-order chi connectivity index (χ1) is 7.46. The molecule has 0 bridgehead atoms. The van der Waals surface area contributed by atoms with Crippen LogP contribution in [0.15, 0.2) is 30.3 Å². The highest BCUT2D eigenvalue weighted by Gasteiger charge is 2.29. The van der Waals surface area contributed by atoms with E-state index in [1.165, 1.54) is 12.1 Å². The topological polar surface area (TPSA) is 77.2 Å². The molecule has 4 nitrogen and oxygen atoms in total. The Kier molecular flexibility index (Phi) is 4.14. The molecule has 0 heterocycles. The maximum atomic E-state index is 12.2. The summed E-state index contributed by atoms with van der Waals surface area (Å²) in [5.74, 6) is -0.666. The lowest BCUT2D eigenvalue weighted by atomic mass is 10.1. The summed E-state index contributed by atoms with van der Waals surface area (Å²) in [4.78, 5) is 11.8. The molecule has 1 rings (SSSR count). The van der Waals surface area contributed by atoms with Crippen LogP contribution >= 0.6 is 0 Å². The Hall–Kier alpha value is -1.27. The van der Waals surface area contributed by atoms with Gasteiger partial charge < -0.3 is 0 Å². The van der Waals surface area contributed by atoms with Crippen molar-refractivity contribution in [1.82, 2.24) is 0 Å². The average molecular weight is 245 g/mol. The van der Waals surface area contributed by atoms with Crippen molar-refractivity contribution in [1.29, 1.82) is 0 Å². The van der Waals surface area contributed by atoms with Crippen molar-refractivity contribution in [3.05, 3.63) is 35.9 Å². The number of primary sulfonamides is 1. The Bertz CT molecular complexity index is 458. The van der Waals surface area contributed by atoms with Crippen molar-refractivity contribution >= 4 is 15.8 Å². The lowest BCUT2D eigenvalue weighted by Crippen LogP contribution is -2.36. The van der Waals surface area contributed by atoms with Gasteiger partial charge in [0.05, 0.1) is 6.67 Å². The number of Topliss-reactive ketones (excluding diaryl/α,β-unsaturated/α-hetero) is 1. The molecule has 0 aliphatic rings. The highest BCUT2D eigenvalue weighted by atomic mass is 32.2. The van der Waals surface area contributed by atoms with Gasteiger partial charge >= 0.3 is 0 Å². The van der Waals surface area contributed by atoms with Crippen molar-refractivity contribution in [2.75, 3.05) is 6.67 Å². The summed E-state index contributed by atoms with van der Waals surface area (Å²) >= 11 is 0. The molecule has 1 unspecified atom stereocenters. The lowest BCUT2D eigenvalue weighted by Gasteiger charge is -2.11. The highest BCUT2D eigenvalue weighted by molar-refractivity contribution is 7.90. The van der Waals surface area contributed by atoms with Crippen molar-refractivity contribution < 1.29 is 17.6 Å². The van der Waals surface area contributed by atoms with Gasteiger partial charge in [0, 0.05) is 12.0 Å². The zero-order valence-corrected chi connectivity index (χ0v) is 9.28. The Morgan fingerprint density at radius 3 is 2.31 bits per heavy atom. The van der Waals surface area contributed by atoms with Gasteiger partial charge in [0.1, 0.15) is 5.25 Å². The Morgan fingerprint density at radius 1 is 1.31 bits per heavy atom. The lowest BCUT2D eigenvalue weighted by molar-refractivity contribution is 0.0981. The molecule has 0 aliphatic carbocycles.